The van der Waals surface area contributed by atoms with Crippen molar-refractivity contribution in [3.05, 3.63) is 151 Å². The molecule has 7 aromatic rings. The third kappa shape index (κ3) is 3.59. The van der Waals surface area contributed by atoms with E-state index in [4.69, 9.17) is 4.98 Å². The normalized spacial score (nSPS) is 13.3. The highest BCUT2D eigenvalue weighted by atomic mass is 14.7. The molecule has 8 rings (SSSR count). The van der Waals surface area contributed by atoms with Crippen LogP contribution in [0.25, 0.3) is 66.2 Å². The van der Waals surface area contributed by atoms with Crippen LogP contribution >= 0.6 is 0 Å². The third-order valence-corrected chi connectivity index (χ3v) is 8.93. The van der Waals surface area contributed by atoms with Gasteiger partial charge in [0.2, 0.25) is 0 Å². The zero-order chi connectivity index (χ0) is 27.6. The van der Waals surface area contributed by atoms with Gasteiger partial charge in [0.1, 0.15) is 0 Å². The predicted octanol–water partition coefficient (Wildman–Crippen LogP) is 10.7. The van der Waals surface area contributed by atoms with Gasteiger partial charge in [0.15, 0.2) is 0 Å². The van der Waals surface area contributed by atoms with E-state index < -0.39 is 0 Å². The minimum Gasteiger partial charge on any atom is -0.256 e. The summed E-state index contributed by atoms with van der Waals surface area (Å²) in [6, 6.07) is 48.3. The highest BCUT2D eigenvalue weighted by Gasteiger charge is 2.35. The van der Waals surface area contributed by atoms with Crippen LogP contribution in [0.1, 0.15) is 25.0 Å². The molecule has 0 N–H and O–H groups in total. The molecule has 1 aromatic heterocycles. The Hall–Kier alpha value is -5.01. The van der Waals surface area contributed by atoms with E-state index in [1.165, 1.54) is 66.1 Å². The van der Waals surface area contributed by atoms with Gasteiger partial charge in [-0.05, 0) is 72.6 Å². The number of hydrogen-bond donors (Lipinski definition) is 0. The molecule has 0 aliphatic heterocycles. The van der Waals surface area contributed by atoms with Crippen LogP contribution in [0, 0.1) is 0 Å². The molecule has 194 valence electrons. The quantitative estimate of drug-likeness (QED) is 0.210. The molecule has 0 bridgehead atoms. The average Bonchev–Trinajstić information content (AvgIpc) is 3.26. The van der Waals surface area contributed by atoms with Crippen molar-refractivity contribution in [3.63, 3.8) is 0 Å². The Labute approximate surface area is 240 Å². The Morgan fingerprint density at radius 3 is 1.66 bits per heavy atom. The van der Waals surface area contributed by atoms with Crippen molar-refractivity contribution in [3.8, 4) is 44.6 Å². The van der Waals surface area contributed by atoms with Crippen LogP contribution in [0.2, 0.25) is 0 Å². The molecule has 1 aliphatic carbocycles. The fourth-order valence-corrected chi connectivity index (χ4v) is 6.92. The summed E-state index contributed by atoms with van der Waals surface area (Å²) >= 11 is 0. The summed E-state index contributed by atoms with van der Waals surface area (Å²) in [7, 11) is 0. The van der Waals surface area contributed by atoms with Gasteiger partial charge in [-0.15, -0.1) is 0 Å². The molecule has 0 fully saturated rings. The first-order valence-corrected chi connectivity index (χ1v) is 14.3. The van der Waals surface area contributed by atoms with Crippen LogP contribution < -0.4 is 0 Å². The van der Waals surface area contributed by atoms with E-state index in [-0.39, 0.29) is 5.41 Å². The van der Waals surface area contributed by atoms with Crippen molar-refractivity contribution in [1.82, 2.24) is 4.98 Å². The maximum Gasteiger partial charge on any atom is 0.0714 e. The van der Waals surface area contributed by atoms with Gasteiger partial charge < -0.3 is 0 Å². The van der Waals surface area contributed by atoms with Gasteiger partial charge in [-0.25, -0.2) is 0 Å². The molecule has 0 atom stereocenters. The molecule has 1 aliphatic rings. The van der Waals surface area contributed by atoms with Crippen molar-refractivity contribution in [1.29, 1.82) is 0 Å². The van der Waals surface area contributed by atoms with Crippen LogP contribution in [0.5, 0.6) is 0 Å². The summed E-state index contributed by atoms with van der Waals surface area (Å²) in [5.41, 5.74) is 12.5. The molecule has 0 saturated carbocycles. The minimum atomic E-state index is -0.0202. The van der Waals surface area contributed by atoms with E-state index in [0.29, 0.717) is 0 Å². The van der Waals surface area contributed by atoms with Crippen molar-refractivity contribution in [2.75, 3.05) is 0 Å². The molecule has 1 nitrogen and oxygen atoms in total. The van der Waals surface area contributed by atoms with Crippen molar-refractivity contribution < 1.29 is 0 Å². The number of benzene rings is 6. The van der Waals surface area contributed by atoms with Gasteiger partial charge in [0.25, 0.3) is 0 Å². The predicted molar refractivity (Wildman–Crippen MR) is 173 cm³/mol. The SMILES string of the molecule is CC1(C)c2ccccc2-c2ccc(-c3ccc(-c4c5ccccc5c(-c5ccccc5)c5ccccc45)nc3)cc21. The first-order valence-electron chi connectivity index (χ1n) is 14.3. The highest BCUT2D eigenvalue weighted by Crippen LogP contribution is 2.49. The number of nitrogens with zero attached hydrogens (tertiary/aromatic N) is 1. The minimum absolute atomic E-state index is 0.0202. The van der Waals surface area contributed by atoms with Crippen LogP contribution in [-0.2, 0) is 5.41 Å². The van der Waals surface area contributed by atoms with Crippen LogP contribution in [0.15, 0.2) is 140 Å². The Balaban J connectivity index is 1.28. The van der Waals surface area contributed by atoms with E-state index in [1.807, 2.05) is 6.20 Å². The average molecular weight is 524 g/mol. The van der Waals surface area contributed by atoms with E-state index in [2.05, 4.69) is 147 Å². The van der Waals surface area contributed by atoms with Gasteiger partial charge >= 0.3 is 0 Å². The monoisotopic (exact) mass is 523 g/mol. The summed E-state index contributed by atoms with van der Waals surface area (Å²) in [5.74, 6) is 0. The van der Waals surface area contributed by atoms with E-state index >= 15 is 0 Å². The largest absolute Gasteiger partial charge is 0.256 e. The lowest BCUT2D eigenvalue weighted by Gasteiger charge is -2.22. The lowest BCUT2D eigenvalue weighted by Crippen LogP contribution is -2.14. The molecule has 0 saturated heterocycles. The first kappa shape index (κ1) is 23.8. The Morgan fingerprint density at radius 1 is 0.439 bits per heavy atom. The molecular formula is C40H29N. The summed E-state index contributed by atoms with van der Waals surface area (Å²) in [6.07, 6.45) is 2.04. The highest BCUT2D eigenvalue weighted by molar-refractivity contribution is 6.21. The van der Waals surface area contributed by atoms with Gasteiger partial charge in [-0.2, -0.15) is 0 Å². The number of hydrogen-bond acceptors (Lipinski definition) is 1. The fraction of sp³-hybridized carbons (Fsp3) is 0.0750. The van der Waals surface area contributed by atoms with Crippen molar-refractivity contribution in [2.45, 2.75) is 19.3 Å². The fourth-order valence-electron chi connectivity index (χ4n) is 6.92. The standard InChI is InChI=1S/C40H29N/c1-40(2)35-19-11-10-14-29(35)30-22-20-27(24-36(30)40)28-21-23-37(41-25-28)39-33-17-8-6-15-31(33)38(26-12-4-3-5-13-26)32-16-7-9-18-34(32)39/h3-25H,1-2H3. The van der Waals surface area contributed by atoms with Gasteiger partial charge in [-0.3, -0.25) is 4.98 Å². The first-order chi connectivity index (χ1) is 20.1. The molecule has 0 spiro atoms. The Bertz CT molecular complexity index is 2040. The number of fused-ring (bicyclic) bond motifs is 5. The van der Waals surface area contributed by atoms with Crippen LogP contribution in [0.3, 0.4) is 0 Å². The molecule has 0 amide bonds. The topological polar surface area (TPSA) is 12.9 Å². The molecule has 1 heterocycles. The Kier molecular flexibility index (Phi) is 5.24. The second-order valence-corrected chi connectivity index (χ2v) is 11.6. The molecule has 6 aromatic carbocycles. The smallest absolute Gasteiger partial charge is 0.0714 e. The maximum atomic E-state index is 5.10. The molecule has 41 heavy (non-hydrogen) atoms. The van der Waals surface area contributed by atoms with Crippen LogP contribution in [-0.4, -0.2) is 4.98 Å². The lowest BCUT2D eigenvalue weighted by atomic mass is 9.81. The van der Waals surface area contributed by atoms with E-state index in [1.54, 1.807) is 0 Å². The van der Waals surface area contributed by atoms with Crippen molar-refractivity contribution in [2.24, 2.45) is 0 Å². The van der Waals surface area contributed by atoms with Gasteiger partial charge in [-0.1, -0.05) is 135 Å². The summed E-state index contributed by atoms with van der Waals surface area (Å²) in [4.78, 5) is 5.10. The summed E-state index contributed by atoms with van der Waals surface area (Å²) in [5, 5.41) is 4.95. The second-order valence-electron chi connectivity index (χ2n) is 11.6. The van der Waals surface area contributed by atoms with Gasteiger partial charge in [0, 0.05) is 22.7 Å². The third-order valence-electron chi connectivity index (χ3n) is 8.93. The molecular weight excluding hydrogens is 494 g/mol. The summed E-state index contributed by atoms with van der Waals surface area (Å²) < 4.78 is 0. The van der Waals surface area contributed by atoms with E-state index in [0.717, 1.165) is 11.3 Å². The molecule has 0 radical (unpaired) electrons. The van der Waals surface area contributed by atoms with Crippen molar-refractivity contribution >= 4 is 21.5 Å². The van der Waals surface area contributed by atoms with Crippen LogP contribution in [0.4, 0.5) is 0 Å². The number of pyridine rings is 1. The van der Waals surface area contributed by atoms with E-state index in [9.17, 15) is 0 Å². The zero-order valence-electron chi connectivity index (χ0n) is 23.2. The zero-order valence-corrected chi connectivity index (χ0v) is 23.2. The second kappa shape index (κ2) is 9.01. The lowest BCUT2D eigenvalue weighted by molar-refractivity contribution is 0.660. The Morgan fingerprint density at radius 2 is 1.00 bits per heavy atom. The number of rotatable bonds is 3. The van der Waals surface area contributed by atoms with Gasteiger partial charge in [0.05, 0.1) is 5.69 Å². The number of aromatic nitrogens is 1. The molecule has 1 heteroatoms. The maximum absolute atomic E-state index is 5.10. The summed E-state index contributed by atoms with van der Waals surface area (Å²) in [6.45, 7) is 4.66. The molecule has 0 unspecified atom stereocenters.